The van der Waals surface area contributed by atoms with Crippen LogP contribution in [0.2, 0.25) is 0 Å². The second-order valence-corrected chi connectivity index (χ2v) is 6.40. The van der Waals surface area contributed by atoms with Crippen LogP contribution in [0, 0.1) is 0 Å². The Morgan fingerprint density at radius 3 is 2.72 bits per heavy atom. The van der Waals surface area contributed by atoms with Crippen molar-refractivity contribution in [3.8, 4) is 34.1 Å². The number of ether oxygens (including phenoxy) is 1. The van der Waals surface area contributed by atoms with Gasteiger partial charge in [0.05, 0.1) is 12.8 Å². The van der Waals surface area contributed by atoms with Crippen LogP contribution in [0.3, 0.4) is 0 Å². The van der Waals surface area contributed by atoms with Crippen molar-refractivity contribution in [1.82, 2.24) is 30.2 Å². The third-order valence-corrected chi connectivity index (χ3v) is 4.70. The van der Waals surface area contributed by atoms with Crippen LogP contribution >= 0.6 is 0 Å². The van der Waals surface area contributed by atoms with Gasteiger partial charge in [-0.1, -0.05) is 24.3 Å². The van der Waals surface area contributed by atoms with Gasteiger partial charge in [0.25, 0.3) is 0 Å². The number of pyridine rings is 2. The molecule has 0 unspecified atom stereocenters. The van der Waals surface area contributed by atoms with Crippen LogP contribution in [-0.4, -0.2) is 37.3 Å². The molecule has 0 radical (unpaired) electrons. The summed E-state index contributed by atoms with van der Waals surface area (Å²) in [5.74, 6) is 1.18. The van der Waals surface area contributed by atoms with Gasteiger partial charge >= 0.3 is 0 Å². The van der Waals surface area contributed by atoms with E-state index < -0.39 is 0 Å². The molecular weight excluding hydrogens is 364 g/mol. The van der Waals surface area contributed by atoms with E-state index in [-0.39, 0.29) is 0 Å². The minimum absolute atomic E-state index is 0.466. The highest BCUT2D eigenvalue weighted by molar-refractivity contribution is 5.97. The van der Waals surface area contributed by atoms with E-state index in [1.54, 1.807) is 19.5 Å². The molecule has 29 heavy (non-hydrogen) atoms. The van der Waals surface area contributed by atoms with Crippen LogP contribution in [0.4, 0.5) is 0 Å². The molecule has 0 N–H and O–H groups in total. The number of aromatic nitrogens is 6. The number of hydrogen-bond donors (Lipinski definition) is 0. The maximum Gasteiger partial charge on any atom is 0.223 e. The van der Waals surface area contributed by atoms with Crippen molar-refractivity contribution in [2.45, 2.75) is 0 Å². The molecule has 140 valence electrons. The Kier molecular flexibility index (Phi) is 4.18. The van der Waals surface area contributed by atoms with Gasteiger partial charge in [-0.2, -0.15) is 0 Å². The molecule has 7 heteroatoms. The monoisotopic (exact) mass is 380 g/mol. The second-order valence-electron chi connectivity index (χ2n) is 6.40. The van der Waals surface area contributed by atoms with Crippen LogP contribution in [-0.2, 0) is 0 Å². The highest BCUT2D eigenvalue weighted by Crippen LogP contribution is 2.35. The summed E-state index contributed by atoms with van der Waals surface area (Å²) in [5, 5.41) is 14.9. The van der Waals surface area contributed by atoms with E-state index in [1.165, 1.54) is 4.80 Å². The van der Waals surface area contributed by atoms with E-state index in [0.29, 0.717) is 11.5 Å². The van der Waals surface area contributed by atoms with Gasteiger partial charge in [0.15, 0.2) is 0 Å². The summed E-state index contributed by atoms with van der Waals surface area (Å²) < 4.78 is 5.68. The Hall–Kier alpha value is -4.13. The minimum atomic E-state index is 0.466. The van der Waals surface area contributed by atoms with Gasteiger partial charge in [0.1, 0.15) is 11.4 Å². The topological polar surface area (TPSA) is 78.6 Å². The molecule has 0 aliphatic heterocycles. The molecule has 3 aromatic heterocycles. The fourth-order valence-electron chi connectivity index (χ4n) is 3.30. The fourth-order valence-corrected chi connectivity index (χ4v) is 3.30. The Morgan fingerprint density at radius 2 is 1.86 bits per heavy atom. The lowest BCUT2D eigenvalue weighted by Crippen LogP contribution is -2.00. The number of benzene rings is 2. The van der Waals surface area contributed by atoms with Crippen molar-refractivity contribution >= 4 is 10.8 Å². The molecule has 2 aromatic carbocycles. The van der Waals surface area contributed by atoms with E-state index in [4.69, 9.17) is 4.74 Å². The molecule has 0 saturated carbocycles. The molecule has 5 aromatic rings. The van der Waals surface area contributed by atoms with Crippen LogP contribution in [0.25, 0.3) is 39.1 Å². The Morgan fingerprint density at radius 1 is 0.897 bits per heavy atom. The van der Waals surface area contributed by atoms with Gasteiger partial charge in [-0.15, -0.1) is 15.0 Å². The SMILES string of the molecule is COc1cc(-n2nnc(-c3ccccn3)n2)ccc1-c1cccc2ccncc12. The van der Waals surface area contributed by atoms with Crippen molar-refractivity contribution in [2.24, 2.45) is 0 Å². The molecule has 0 atom stereocenters. The van der Waals surface area contributed by atoms with Crippen molar-refractivity contribution in [2.75, 3.05) is 7.11 Å². The summed E-state index contributed by atoms with van der Waals surface area (Å²) in [6.07, 6.45) is 5.37. The quantitative estimate of drug-likeness (QED) is 0.470. The number of hydrogen-bond acceptors (Lipinski definition) is 6. The van der Waals surface area contributed by atoms with Crippen molar-refractivity contribution < 1.29 is 4.74 Å². The van der Waals surface area contributed by atoms with Crippen LogP contribution < -0.4 is 4.74 Å². The first-order valence-corrected chi connectivity index (χ1v) is 9.06. The van der Waals surface area contributed by atoms with Crippen LogP contribution in [0.15, 0.2) is 79.3 Å². The number of methoxy groups -OCH3 is 1. The molecule has 0 aliphatic rings. The minimum Gasteiger partial charge on any atom is -0.496 e. The number of tetrazole rings is 1. The molecule has 0 fully saturated rings. The van der Waals surface area contributed by atoms with Gasteiger partial charge in [0, 0.05) is 35.6 Å². The average molecular weight is 380 g/mol. The predicted molar refractivity (Wildman–Crippen MR) is 110 cm³/mol. The van der Waals surface area contributed by atoms with E-state index in [9.17, 15) is 0 Å². The highest BCUT2D eigenvalue weighted by atomic mass is 16.5. The standard InChI is InChI=1S/C22H16N6O/c1-29-21-13-16(28-26-22(25-27-28)20-7-2-3-11-24-20)8-9-18(21)17-6-4-5-15-10-12-23-14-19(15)17/h2-14H,1H3. The predicted octanol–water partition coefficient (Wildman–Crippen LogP) is 3.95. The first kappa shape index (κ1) is 17.0. The van der Waals surface area contributed by atoms with Crippen molar-refractivity contribution in [3.63, 3.8) is 0 Å². The maximum absolute atomic E-state index is 5.68. The summed E-state index contributed by atoms with van der Waals surface area (Å²) >= 11 is 0. The number of nitrogens with zero attached hydrogens (tertiary/aromatic N) is 6. The normalized spacial score (nSPS) is 10.9. The van der Waals surface area contributed by atoms with Gasteiger partial charge < -0.3 is 4.74 Å². The lowest BCUT2D eigenvalue weighted by atomic mass is 9.98. The van der Waals surface area contributed by atoms with Gasteiger partial charge in [-0.3, -0.25) is 9.97 Å². The van der Waals surface area contributed by atoms with E-state index in [2.05, 4.69) is 37.5 Å². The molecule has 0 aliphatic carbocycles. The van der Waals surface area contributed by atoms with Gasteiger partial charge in [-0.05, 0) is 46.5 Å². The van der Waals surface area contributed by atoms with E-state index in [0.717, 1.165) is 33.3 Å². The first-order chi connectivity index (χ1) is 14.3. The summed E-state index contributed by atoms with van der Waals surface area (Å²) in [6.45, 7) is 0. The lowest BCUT2D eigenvalue weighted by molar-refractivity contribution is 0.416. The average Bonchev–Trinajstić information content (AvgIpc) is 3.29. The Balaban J connectivity index is 1.58. The highest BCUT2D eigenvalue weighted by Gasteiger charge is 2.13. The molecule has 0 amide bonds. The fraction of sp³-hybridized carbons (Fsp3) is 0.0455. The molecule has 5 rings (SSSR count). The maximum atomic E-state index is 5.68. The zero-order valence-electron chi connectivity index (χ0n) is 15.6. The molecule has 7 nitrogen and oxygen atoms in total. The largest absolute Gasteiger partial charge is 0.496 e. The third-order valence-electron chi connectivity index (χ3n) is 4.70. The lowest BCUT2D eigenvalue weighted by Gasteiger charge is -2.12. The van der Waals surface area contributed by atoms with Crippen LogP contribution in [0.5, 0.6) is 5.75 Å². The van der Waals surface area contributed by atoms with Crippen molar-refractivity contribution in [3.05, 3.63) is 79.3 Å². The van der Waals surface area contributed by atoms with E-state index in [1.807, 2.05) is 54.7 Å². The molecule has 0 saturated heterocycles. The summed E-state index contributed by atoms with van der Waals surface area (Å²) in [4.78, 5) is 10.0. The summed E-state index contributed by atoms with van der Waals surface area (Å²) in [6, 6.07) is 19.6. The molecule has 3 heterocycles. The summed E-state index contributed by atoms with van der Waals surface area (Å²) in [5.41, 5.74) is 3.45. The van der Waals surface area contributed by atoms with Gasteiger partial charge in [-0.25, -0.2) is 0 Å². The van der Waals surface area contributed by atoms with Crippen LogP contribution in [0.1, 0.15) is 0 Å². The second kappa shape index (κ2) is 7.12. The van der Waals surface area contributed by atoms with Crippen molar-refractivity contribution in [1.29, 1.82) is 0 Å². The van der Waals surface area contributed by atoms with Gasteiger partial charge in [0.2, 0.25) is 5.82 Å². The molecule has 0 bridgehead atoms. The smallest absolute Gasteiger partial charge is 0.223 e. The first-order valence-electron chi connectivity index (χ1n) is 9.06. The number of fused-ring (bicyclic) bond motifs is 1. The van der Waals surface area contributed by atoms with E-state index >= 15 is 0 Å². The molecular formula is C22H16N6O. The number of rotatable bonds is 4. The Labute approximate surface area is 166 Å². The summed E-state index contributed by atoms with van der Waals surface area (Å²) in [7, 11) is 1.65. The zero-order chi connectivity index (χ0) is 19.6. The third kappa shape index (κ3) is 3.08. The Bertz CT molecular complexity index is 1290. The molecule has 0 spiro atoms. The zero-order valence-corrected chi connectivity index (χ0v) is 15.6.